The molecule has 2 aromatic carbocycles. The van der Waals surface area contributed by atoms with E-state index in [-0.39, 0.29) is 29.4 Å². The monoisotopic (exact) mass is 380 g/mol. The molecule has 146 valence electrons. The number of hydrogen-bond donors (Lipinski definition) is 3. The lowest BCUT2D eigenvalue weighted by atomic mass is 9.87. The Bertz CT molecular complexity index is 923. The number of ketones is 1. The molecule has 5 nitrogen and oxygen atoms in total. The molecule has 0 saturated heterocycles. The molecule has 0 bridgehead atoms. The summed E-state index contributed by atoms with van der Waals surface area (Å²) < 4.78 is 5.32. The van der Waals surface area contributed by atoms with Gasteiger partial charge in [0.2, 0.25) is 0 Å². The van der Waals surface area contributed by atoms with Gasteiger partial charge in [0.05, 0.1) is 13.7 Å². The van der Waals surface area contributed by atoms with Crippen LogP contribution in [0.5, 0.6) is 17.2 Å². The fraction of sp³-hybridized carbons (Fsp3) is 0.261. The molecule has 0 fully saturated rings. The SMILES string of the molecule is COc1cc(CO)c(C2=CCCCC2)c(O)c1C(=O)/C=C/c1ccc(O)cc1. The Morgan fingerprint density at radius 3 is 2.54 bits per heavy atom. The molecule has 0 radical (unpaired) electrons. The van der Waals surface area contributed by atoms with Gasteiger partial charge in [0.25, 0.3) is 0 Å². The van der Waals surface area contributed by atoms with Gasteiger partial charge in [-0.25, -0.2) is 0 Å². The molecular weight excluding hydrogens is 356 g/mol. The second-order valence-electron chi connectivity index (χ2n) is 6.76. The van der Waals surface area contributed by atoms with E-state index in [1.165, 1.54) is 25.3 Å². The summed E-state index contributed by atoms with van der Waals surface area (Å²) in [6, 6.07) is 8.05. The van der Waals surface area contributed by atoms with Gasteiger partial charge in [-0.1, -0.05) is 24.3 Å². The second kappa shape index (κ2) is 8.76. The molecule has 1 aliphatic rings. The fourth-order valence-electron chi connectivity index (χ4n) is 3.48. The number of benzene rings is 2. The molecule has 1 aliphatic carbocycles. The van der Waals surface area contributed by atoms with Crippen LogP contribution in [0, 0.1) is 0 Å². The largest absolute Gasteiger partial charge is 0.508 e. The molecule has 3 N–H and O–H groups in total. The van der Waals surface area contributed by atoms with Gasteiger partial charge in [-0.2, -0.15) is 0 Å². The van der Waals surface area contributed by atoms with E-state index >= 15 is 0 Å². The lowest BCUT2D eigenvalue weighted by Crippen LogP contribution is -2.06. The number of rotatable bonds is 6. The Balaban J connectivity index is 2.04. The fourth-order valence-corrected chi connectivity index (χ4v) is 3.48. The summed E-state index contributed by atoms with van der Waals surface area (Å²) in [7, 11) is 1.43. The zero-order valence-electron chi connectivity index (χ0n) is 15.8. The number of aliphatic hydroxyl groups excluding tert-OH is 1. The molecule has 0 spiro atoms. The van der Waals surface area contributed by atoms with Crippen LogP contribution in [-0.2, 0) is 6.61 Å². The first-order chi connectivity index (χ1) is 13.5. The van der Waals surface area contributed by atoms with Crippen molar-refractivity contribution in [3.8, 4) is 17.2 Å². The van der Waals surface area contributed by atoms with E-state index in [2.05, 4.69) is 6.08 Å². The second-order valence-corrected chi connectivity index (χ2v) is 6.76. The molecule has 0 aliphatic heterocycles. The van der Waals surface area contributed by atoms with Crippen molar-refractivity contribution in [2.24, 2.45) is 0 Å². The minimum atomic E-state index is -0.399. The number of aromatic hydroxyl groups is 2. The van der Waals surface area contributed by atoms with E-state index in [4.69, 9.17) is 4.74 Å². The van der Waals surface area contributed by atoms with Gasteiger partial charge < -0.3 is 20.1 Å². The Labute approximate surface area is 164 Å². The summed E-state index contributed by atoms with van der Waals surface area (Å²) in [6.07, 6.45) is 8.84. The third kappa shape index (κ3) is 4.10. The number of ether oxygens (including phenoxy) is 1. The van der Waals surface area contributed by atoms with Crippen molar-refractivity contribution in [2.45, 2.75) is 32.3 Å². The lowest BCUT2D eigenvalue weighted by Gasteiger charge is -2.20. The van der Waals surface area contributed by atoms with Crippen LogP contribution < -0.4 is 4.74 Å². The van der Waals surface area contributed by atoms with Crippen LogP contribution in [0.2, 0.25) is 0 Å². The van der Waals surface area contributed by atoms with Gasteiger partial charge in [0.1, 0.15) is 22.8 Å². The van der Waals surface area contributed by atoms with E-state index in [0.717, 1.165) is 36.8 Å². The summed E-state index contributed by atoms with van der Waals surface area (Å²) in [5.41, 5.74) is 2.85. The van der Waals surface area contributed by atoms with Crippen molar-refractivity contribution in [3.05, 3.63) is 64.7 Å². The first-order valence-electron chi connectivity index (χ1n) is 9.29. The van der Waals surface area contributed by atoms with E-state index in [1.54, 1.807) is 24.3 Å². The lowest BCUT2D eigenvalue weighted by molar-refractivity contribution is 0.104. The predicted octanol–water partition coefficient (Wildman–Crippen LogP) is 4.45. The van der Waals surface area contributed by atoms with Crippen LogP contribution in [0.4, 0.5) is 0 Å². The van der Waals surface area contributed by atoms with E-state index in [0.29, 0.717) is 11.1 Å². The van der Waals surface area contributed by atoms with Crippen molar-refractivity contribution in [1.29, 1.82) is 0 Å². The van der Waals surface area contributed by atoms with Gasteiger partial charge in [0, 0.05) is 5.56 Å². The number of methoxy groups -OCH3 is 1. The van der Waals surface area contributed by atoms with E-state index in [9.17, 15) is 20.1 Å². The minimum Gasteiger partial charge on any atom is -0.508 e. The van der Waals surface area contributed by atoms with Gasteiger partial charge in [-0.05, 0) is 66.7 Å². The van der Waals surface area contributed by atoms with Gasteiger partial charge in [-0.3, -0.25) is 4.79 Å². The summed E-state index contributed by atoms with van der Waals surface area (Å²) in [4.78, 5) is 12.9. The predicted molar refractivity (Wildman–Crippen MR) is 108 cm³/mol. The average molecular weight is 380 g/mol. The molecule has 3 rings (SSSR count). The molecule has 0 atom stereocenters. The van der Waals surface area contributed by atoms with Crippen LogP contribution in [0.25, 0.3) is 11.6 Å². The number of phenols is 2. The highest BCUT2D eigenvalue weighted by molar-refractivity contribution is 6.11. The highest BCUT2D eigenvalue weighted by Gasteiger charge is 2.24. The first kappa shape index (κ1) is 19.7. The Kier molecular flexibility index (Phi) is 6.16. The Morgan fingerprint density at radius 2 is 1.93 bits per heavy atom. The normalized spacial score (nSPS) is 14.1. The molecule has 0 aromatic heterocycles. The maximum atomic E-state index is 12.9. The maximum absolute atomic E-state index is 12.9. The number of hydrogen-bond acceptors (Lipinski definition) is 5. The van der Waals surface area contributed by atoms with Crippen molar-refractivity contribution in [1.82, 2.24) is 0 Å². The molecule has 0 saturated carbocycles. The number of carbonyl (C=O) groups is 1. The zero-order valence-corrected chi connectivity index (χ0v) is 15.8. The Hall–Kier alpha value is -3.05. The van der Waals surface area contributed by atoms with E-state index in [1.807, 2.05) is 0 Å². The van der Waals surface area contributed by atoms with E-state index < -0.39 is 5.78 Å². The quantitative estimate of drug-likeness (QED) is 0.509. The average Bonchev–Trinajstić information content (AvgIpc) is 2.72. The van der Waals surface area contributed by atoms with Crippen molar-refractivity contribution < 1.29 is 24.9 Å². The van der Waals surface area contributed by atoms with Crippen molar-refractivity contribution in [3.63, 3.8) is 0 Å². The van der Waals surface area contributed by atoms with Crippen LogP contribution in [0.1, 0.15) is 52.7 Å². The summed E-state index contributed by atoms with van der Waals surface area (Å²) in [5.74, 6) is -0.184. The van der Waals surface area contributed by atoms with Crippen LogP contribution in [0.15, 0.2) is 42.5 Å². The van der Waals surface area contributed by atoms with Crippen molar-refractivity contribution in [2.75, 3.05) is 7.11 Å². The molecule has 2 aromatic rings. The summed E-state index contributed by atoms with van der Waals surface area (Å²) >= 11 is 0. The number of allylic oxidation sites excluding steroid dienone is 3. The standard InChI is InChI=1S/C23H24O5/c1-28-20-13-17(14-24)21(16-5-3-2-4-6-16)23(27)22(20)19(26)12-9-15-7-10-18(25)11-8-15/h5,7-13,24-25,27H,2-4,6,14H2,1H3/b12-9+. The van der Waals surface area contributed by atoms with Gasteiger partial charge >= 0.3 is 0 Å². The highest BCUT2D eigenvalue weighted by atomic mass is 16.5. The molecule has 5 heteroatoms. The Morgan fingerprint density at radius 1 is 1.18 bits per heavy atom. The summed E-state index contributed by atoms with van der Waals surface area (Å²) in [6.45, 7) is -0.256. The van der Waals surface area contributed by atoms with Crippen molar-refractivity contribution >= 4 is 17.4 Å². The molecule has 0 amide bonds. The van der Waals surface area contributed by atoms with Crippen LogP contribution in [-0.4, -0.2) is 28.2 Å². The minimum absolute atomic E-state index is 0.0798. The highest BCUT2D eigenvalue weighted by Crippen LogP contribution is 2.41. The maximum Gasteiger partial charge on any atom is 0.193 e. The van der Waals surface area contributed by atoms with Gasteiger partial charge in [0.15, 0.2) is 5.78 Å². The molecule has 0 unspecified atom stereocenters. The molecule has 0 heterocycles. The number of carbonyl (C=O) groups excluding carboxylic acids is 1. The topological polar surface area (TPSA) is 87.0 Å². The molecular formula is C23H24O5. The smallest absolute Gasteiger partial charge is 0.193 e. The molecule has 28 heavy (non-hydrogen) atoms. The zero-order chi connectivity index (χ0) is 20.1. The number of phenolic OH excluding ortho intramolecular Hbond substituents is 2. The number of aliphatic hydroxyl groups is 1. The third-order valence-corrected chi connectivity index (χ3v) is 4.92. The van der Waals surface area contributed by atoms with Crippen LogP contribution >= 0.6 is 0 Å². The third-order valence-electron chi connectivity index (χ3n) is 4.92. The van der Waals surface area contributed by atoms with Gasteiger partial charge in [-0.15, -0.1) is 0 Å². The summed E-state index contributed by atoms with van der Waals surface area (Å²) in [5, 5.41) is 30.1. The first-order valence-corrected chi connectivity index (χ1v) is 9.29. The van der Waals surface area contributed by atoms with Crippen LogP contribution in [0.3, 0.4) is 0 Å².